The molecular formula is C11H13N3O7. The van der Waals surface area contributed by atoms with Crippen molar-refractivity contribution in [3.8, 4) is 0 Å². The number of carboxylic acid groups (broad SMARTS) is 1. The van der Waals surface area contributed by atoms with Gasteiger partial charge in [-0.3, -0.25) is 4.79 Å². The Balaban J connectivity index is 4.85. The largest absolute Gasteiger partial charge is 0.481 e. The number of hydrogen-bond donors (Lipinski definition) is 3. The van der Waals surface area contributed by atoms with Crippen molar-refractivity contribution in [2.75, 3.05) is 6.54 Å². The molecule has 5 N–H and O–H groups in total. The van der Waals surface area contributed by atoms with E-state index in [2.05, 4.69) is 21.0 Å². The first-order chi connectivity index (χ1) is 9.76. The Labute approximate surface area is 118 Å². The molecule has 0 spiro atoms. The maximum Gasteiger partial charge on any atom is 0.339 e. The minimum atomic E-state index is -1.39. The summed E-state index contributed by atoms with van der Waals surface area (Å²) in [4.78, 5) is 47.7. The second-order valence-corrected chi connectivity index (χ2v) is 3.35. The number of aliphatic carboxylic acids is 1. The maximum atomic E-state index is 11.3. The van der Waals surface area contributed by atoms with Crippen LogP contribution in [0.5, 0.6) is 0 Å². The van der Waals surface area contributed by atoms with Crippen LogP contribution in [-0.4, -0.2) is 41.5 Å². The van der Waals surface area contributed by atoms with E-state index in [1.54, 1.807) is 0 Å². The molecule has 21 heavy (non-hydrogen) atoms. The van der Waals surface area contributed by atoms with Crippen LogP contribution in [-0.2, 0) is 28.7 Å². The summed E-state index contributed by atoms with van der Waals surface area (Å²) in [5, 5.41) is 8.60. The molecule has 0 aliphatic rings. The Morgan fingerprint density at radius 1 is 1.24 bits per heavy atom. The Bertz CT molecular complexity index is 518. The molecule has 0 bridgehead atoms. The molecule has 10 nitrogen and oxygen atoms in total. The first kappa shape index (κ1) is 17.8. The lowest BCUT2D eigenvalue weighted by atomic mass is 10.2. The van der Waals surface area contributed by atoms with Gasteiger partial charge in [-0.25, -0.2) is 19.4 Å². The number of nitrogens with zero attached hydrogens (tertiary/aromatic N) is 1. The Hall–Kier alpha value is -3.17. The van der Waals surface area contributed by atoms with Gasteiger partial charge in [-0.1, -0.05) is 6.58 Å². The maximum absolute atomic E-state index is 11.3. The normalized spacial score (nSPS) is 10.2. The Kier molecular flexibility index (Phi) is 7.51. The van der Waals surface area contributed by atoms with E-state index in [4.69, 9.17) is 16.6 Å². The number of guanidine groups is 1. The lowest BCUT2D eigenvalue weighted by Gasteiger charge is -2.02. The molecule has 0 aromatic rings. The van der Waals surface area contributed by atoms with Gasteiger partial charge in [0.1, 0.15) is 6.54 Å². The highest BCUT2D eigenvalue weighted by Crippen LogP contribution is 2.05. The van der Waals surface area contributed by atoms with E-state index >= 15 is 0 Å². The van der Waals surface area contributed by atoms with Crippen molar-refractivity contribution in [1.29, 1.82) is 0 Å². The van der Waals surface area contributed by atoms with Gasteiger partial charge in [0.25, 0.3) is 0 Å². The molecule has 0 atom stereocenters. The Morgan fingerprint density at radius 2 is 1.86 bits per heavy atom. The van der Waals surface area contributed by atoms with Crippen LogP contribution in [0.1, 0.15) is 6.42 Å². The summed E-state index contributed by atoms with van der Waals surface area (Å²) in [6, 6.07) is 0. The molecule has 0 unspecified atom stereocenters. The summed E-state index contributed by atoms with van der Waals surface area (Å²) in [7, 11) is 0. The number of nitrogens with two attached hydrogens (primary N) is 2. The van der Waals surface area contributed by atoms with Gasteiger partial charge in [-0.15, -0.1) is 0 Å². The van der Waals surface area contributed by atoms with Crippen LogP contribution in [0.2, 0.25) is 0 Å². The molecule has 0 heterocycles. The quantitative estimate of drug-likeness (QED) is 0.125. The van der Waals surface area contributed by atoms with Crippen LogP contribution in [0.3, 0.4) is 0 Å². The molecule has 0 aliphatic carbocycles. The molecule has 0 radical (unpaired) electrons. The number of ether oxygens (including phenoxy) is 2. The zero-order valence-electron chi connectivity index (χ0n) is 10.8. The molecule has 10 heteroatoms. The van der Waals surface area contributed by atoms with Crippen LogP contribution in [0.4, 0.5) is 0 Å². The predicted molar refractivity (Wildman–Crippen MR) is 68.4 cm³/mol. The number of rotatable bonds is 7. The van der Waals surface area contributed by atoms with E-state index in [1.165, 1.54) is 0 Å². The average Bonchev–Trinajstić information content (AvgIpc) is 2.35. The van der Waals surface area contributed by atoms with Crippen molar-refractivity contribution >= 4 is 29.8 Å². The average molecular weight is 299 g/mol. The predicted octanol–water partition coefficient (Wildman–Crippen LogP) is -1.58. The van der Waals surface area contributed by atoms with Crippen LogP contribution in [0, 0.1) is 0 Å². The fraction of sp³-hybridized carbons (Fsp3) is 0.182. The van der Waals surface area contributed by atoms with E-state index in [0.29, 0.717) is 6.08 Å². The monoisotopic (exact) mass is 299 g/mol. The van der Waals surface area contributed by atoms with Crippen molar-refractivity contribution in [2.24, 2.45) is 16.5 Å². The molecule has 0 aliphatic heterocycles. The van der Waals surface area contributed by atoms with Gasteiger partial charge in [0, 0.05) is 6.08 Å². The van der Waals surface area contributed by atoms with Crippen molar-refractivity contribution in [1.82, 2.24) is 0 Å². The van der Waals surface area contributed by atoms with E-state index in [0.717, 1.165) is 6.26 Å². The van der Waals surface area contributed by atoms with Gasteiger partial charge in [0.15, 0.2) is 5.96 Å². The van der Waals surface area contributed by atoms with Gasteiger partial charge in [-0.05, 0) is 0 Å². The highest BCUT2D eigenvalue weighted by molar-refractivity contribution is 6.02. The highest BCUT2D eigenvalue weighted by Gasteiger charge is 2.18. The first-order valence-electron chi connectivity index (χ1n) is 5.30. The number of esters is 3. The highest BCUT2D eigenvalue weighted by atomic mass is 16.6. The zero-order chi connectivity index (χ0) is 16.4. The standard InChI is InChI=1S/C11H13N3O7/c1-2-20-10(19)6(3-7(15)16)4-8(17)21-9(18)5-14-11(12)13/h2,4H,1,3,5H2,(H,15,16)(H4,12,13,14)/b6-4-. The number of hydrogen-bond acceptors (Lipinski definition) is 7. The SMILES string of the molecule is C=COC(=O)/C(=C\C(=O)OC(=O)CN=C(N)N)CC(=O)O. The van der Waals surface area contributed by atoms with E-state index in [1.807, 2.05) is 0 Å². The summed E-state index contributed by atoms with van der Waals surface area (Å²) in [6.07, 6.45) is 0.477. The van der Waals surface area contributed by atoms with E-state index in [9.17, 15) is 19.2 Å². The summed E-state index contributed by atoms with van der Waals surface area (Å²) < 4.78 is 8.58. The van der Waals surface area contributed by atoms with Crippen molar-refractivity contribution in [3.05, 3.63) is 24.5 Å². The van der Waals surface area contributed by atoms with Gasteiger partial charge >= 0.3 is 23.9 Å². The summed E-state index contributed by atoms with van der Waals surface area (Å²) in [5.74, 6) is -5.22. The number of aliphatic imine (C=N–C) groups is 1. The second kappa shape index (κ2) is 8.85. The topological polar surface area (TPSA) is 171 Å². The number of carbonyl (C=O) groups excluding carboxylic acids is 3. The van der Waals surface area contributed by atoms with Gasteiger partial charge in [0.2, 0.25) is 0 Å². The van der Waals surface area contributed by atoms with Crippen molar-refractivity contribution in [2.45, 2.75) is 6.42 Å². The smallest absolute Gasteiger partial charge is 0.339 e. The molecule has 0 rings (SSSR count). The third-order valence-corrected chi connectivity index (χ3v) is 1.69. The first-order valence-corrected chi connectivity index (χ1v) is 5.30. The van der Waals surface area contributed by atoms with Crippen LogP contribution < -0.4 is 11.5 Å². The van der Waals surface area contributed by atoms with Gasteiger partial charge in [0.05, 0.1) is 18.3 Å². The summed E-state index contributed by atoms with van der Waals surface area (Å²) >= 11 is 0. The van der Waals surface area contributed by atoms with Gasteiger partial charge < -0.3 is 26.0 Å². The molecule has 0 aromatic carbocycles. The van der Waals surface area contributed by atoms with E-state index < -0.39 is 42.4 Å². The molecule has 0 aromatic heterocycles. The minimum Gasteiger partial charge on any atom is -0.481 e. The summed E-state index contributed by atoms with van der Waals surface area (Å²) in [5.41, 5.74) is 9.41. The fourth-order valence-electron chi connectivity index (χ4n) is 0.968. The molecule has 0 fully saturated rings. The molecule has 114 valence electrons. The minimum absolute atomic E-state index is 0.379. The van der Waals surface area contributed by atoms with Gasteiger partial charge in [-0.2, -0.15) is 0 Å². The molecule has 0 saturated carbocycles. The fourth-order valence-corrected chi connectivity index (χ4v) is 0.968. The molecule has 0 saturated heterocycles. The lowest BCUT2D eigenvalue weighted by Crippen LogP contribution is -2.25. The van der Waals surface area contributed by atoms with Crippen molar-refractivity contribution < 1.29 is 33.8 Å². The zero-order valence-corrected chi connectivity index (χ0v) is 10.8. The third-order valence-electron chi connectivity index (χ3n) is 1.69. The Morgan fingerprint density at radius 3 is 2.33 bits per heavy atom. The third kappa shape index (κ3) is 8.53. The number of carbonyl (C=O) groups is 4. The van der Waals surface area contributed by atoms with E-state index in [-0.39, 0.29) is 5.96 Å². The molecular weight excluding hydrogens is 286 g/mol. The lowest BCUT2D eigenvalue weighted by molar-refractivity contribution is -0.155. The van der Waals surface area contributed by atoms with Crippen LogP contribution in [0.25, 0.3) is 0 Å². The van der Waals surface area contributed by atoms with Crippen LogP contribution >= 0.6 is 0 Å². The summed E-state index contributed by atoms with van der Waals surface area (Å²) in [6.45, 7) is 2.50. The molecule has 0 amide bonds. The van der Waals surface area contributed by atoms with Crippen LogP contribution in [0.15, 0.2) is 29.5 Å². The van der Waals surface area contributed by atoms with Crippen molar-refractivity contribution in [3.63, 3.8) is 0 Å². The second-order valence-electron chi connectivity index (χ2n) is 3.35. The number of carboxylic acids is 1.